The summed E-state index contributed by atoms with van der Waals surface area (Å²) < 4.78 is 0. The van der Waals surface area contributed by atoms with E-state index in [-0.39, 0.29) is 18.4 Å². The summed E-state index contributed by atoms with van der Waals surface area (Å²) in [7, 11) is 0. The summed E-state index contributed by atoms with van der Waals surface area (Å²) in [4.78, 5) is 27.5. The van der Waals surface area contributed by atoms with Crippen molar-refractivity contribution in [3.8, 4) is 0 Å². The van der Waals surface area contributed by atoms with Gasteiger partial charge in [0.25, 0.3) is 0 Å². The first-order valence-corrected chi connectivity index (χ1v) is 7.27. The minimum absolute atomic E-state index is 0.0146. The fraction of sp³-hybridized carbons (Fsp3) is 0.500. The van der Waals surface area contributed by atoms with Crippen molar-refractivity contribution in [2.24, 2.45) is 0 Å². The number of para-hydroxylation sites is 1. The first kappa shape index (κ1) is 14.6. The van der Waals surface area contributed by atoms with Crippen LogP contribution >= 0.6 is 0 Å². The van der Waals surface area contributed by atoms with Crippen molar-refractivity contribution in [3.05, 3.63) is 29.8 Å². The molecule has 0 spiro atoms. The molecule has 0 radical (unpaired) electrons. The monoisotopic (exact) mass is 274 g/mol. The number of hydrogen-bond acceptors (Lipinski definition) is 2. The van der Waals surface area contributed by atoms with Crippen molar-refractivity contribution >= 4 is 17.5 Å². The second-order valence-corrected chi connectivity index (χ2v) is 5.22. The second-order valence-electron chi connectivity index (χ2n) is 5.22. The smallest absolute Gasteiger partial charge is 0.246 e. The lowest BCUT2D eigenvalue weighted by molar-refractivity contribution is -0.133. The standard InChI is InChI=1S/C16H22N2O2/c1-3-10-17(13(2)19)12-16(20)18-11-6-8-14-7-4-5-9-15(14)18/h4-5,7,9H,3,6,8,10-12H2,1-2H3. The van der Waals surface area contributed by atoms with Gasteiger partial charge >= 0.3 is 0 Å². The van der Waals surface area contributed by atoms with Crippen molar-refractivity contribution in [1.29, 1.82) is 0 Å². The lowest BCUT2D eigenvalue weighted by atomic mass is 10.0. The topological polar surface area (TPSA) is 40.6 Å². The number of carbonyl (C=O) groups is 2. The van der Waals surface area contributed by atoms with Crippen LogP contribution in [0.2, 0.25) is 0 Å². The number of rotatable bonds is 4. The molecule has 0 atom stereocenters. The van der Waals surface area contributed by atoms with Gasteiger partial charge in [-0.3, -0.25) is 9.59 Å². The zero-order valence-electron chi connectivity index (χ0n) is 12.3. The summed E-state index contributed by atoms with van der Waals surface area (Å²) in [5, 5.41) is 0. The molecule has 20 heavy (non-hydrogen) atoms. The normalized spacial score (nSPS) is 13.8. The average Bonchev–Trinajstić information content (AvgIpc) is 2.46. The predicted octanol–water partition coefficient (Wildman–Crippen LogP) is 2.22. The summed E-state index contributed by atoms with van der Waals surface area (Å²) >= 11 is 0. The van der Waals surface area contributed by atoms with E-state index in [9.17, 15) is 9.59 Å². The van der Waals surface area contributed by atoms with E-state index in [2.05, 4.69) is 6.07 Å². The van der Waals surface area contributed by atoms with Gasteiger partial charge in [0.2, 0.25) is 11.8 Å². The summed E-state index contributed by atoms with van der Waals surface area (Å²) in [6.07, 6.45) is 2.87. The van der Waals surface area contributed by atoms with Gasteiger partial charge in [0, 0.05) is 25.7 Å². The van der Waals surface area contributed by atoms with Crippen LogP contribution in [-0.4, -0.2) is 36.3 Å². The van der Waals surface area contributed by atoms with Crippen molar-refractivity contribution in [1.82, 2.24) is 4.90 Å². The van der Waals surface area contributed by atoms with Gasteiger partial charge in [0.1, 0.15) is 6.54 Å². The molecule has 0 N–H and O–H groups in total. The van der Waals surface area contributed by atoms with Crippen LogP contribution in [-0.2, 0) is 16.0 Å². The summed E-state index contributed by atoms with van der Waals surface area (Å²) in [5.41, 5.74) is 2.22. The number of hydrogen-bond donors (Lipinski definition) is 0. The molecule has 2 amide bonds. The highest BCUT2D eigenvalue weighted by Gasteiger charge is 2.24. The zero-order chi connectivity index (χ0) is 14.5. The van der Waals surface area contributed by atoms with Crippen LogP contribution in [0.5, 0.6) is 0 Å². The first-order valence-electron chi connectivity index (χ1n) is 7.27. The van der Waals surface area contributed by atoms with Crippen LogP contribution in [0.4, 0.5) is 5.69 Å². The van der Waals surface area contributed by atoms with E-state index in [1.54, 1.807) is 4.90 Å². The number of fused-ring (bicyclic) bond motifs is 1. The van der Waals surface area contributed by atoms with Gasteiger partial charge in [-0.15, -0.1) is 0 Å². The highest BCUT2D eigenvalue weighted by atomic mass is 16.2. The maximum atomic E-state index is 12.5. The molecular formula is C16H22N2O2. The Hall–Kier alpha value is -1.84. The van der Waals surface area contributed by atoms with Gasteiger partial charge in [-0.25, -0.2) is 0 Å². The van der Waals surface area contributed by atoms with E-state index in [0.29, 0.717) is 6.54 Å². The van der Waals surface area contributed by atoms with Crippen LogP contribution in [0, 0.1) is 0 Å². The first-order chi connectivity index (χ1) is 9.63. The van der Waals surface area contributed by atoms with E-state index in [4.69, 9.17) is 0 Å². The molecule has 0 fully saturated rings. The third-order valence-corrected chi connectivity index (χ3v) is 3.68. The lowest BCUT2D eigenvalue weighted by Gasteiger charge is -2.31. The Morgan fingerprint density at radius 2 is 2.05 bits per heavy atom. The summed E-state index contributed by atoms with van der Waals surface area (Å²) in [5.74, 6) is -0.0219. The van der Waals surface area contributed by atoms with Crippen molar-refractivity contribution in [2.45, 2.75) is 33.1 Å². The van der Waals surface area contributed by atoms with Crippen LogP contribution in [0.25, 0.3) is 0 Å². The SMILES string of the molecule is CCCN(CC(=O)N1CCCc2ccccc21)C(C)=O. The maximum absolute atomic E-state index is 12.5. The van der Waals surface area contributed by atoms with Gasteiger partial charge in [-0.05, 0) is 30.9 Å². The van der Waals surface area contributed by atoms with Crippen molar-refractivity contribution in [3.63, 3.8) is 0 Å². The number of carbonyl (C=O) groups excluding carboxylic acids is 2. The number of amides is 2. The van der Waals surface area contributed by atoms with E-state index < -0.39 is 0 Å². The largest absolute Gasteiger partial charge is 0.334 e. The molecule has 0 bridgehead atoms. The molecule has 0 saturated carbocycles. The van der Waals surface area contributed by atoms with E-state index in [0.717, 1.165) is 31.5 Å². The molecule has 1 aliphatic rings. The minimum atomic E-state index is -0.0366. The van der Waals surface area contributed by atoms with Crippen LogP contribution in [0.15, 0.2) is 24.3 Å². The lowest BCUT2D eigenvalue weighted by Crippen LogP contribution is -2.44. The Kier molecular flexibility index (Phi) is 4.77. The Morgan fingerprint density at radius 1 is 1.30 bits per heavy atom. The fourth-order valence-electron chi connectivity index (χ4n) is 2.66. The van der Waals surface area contributed by atoms with Crippen LogP contribution in [0.1, 0.15) is 32.3 Å². The third kappa shape index (κ3) is 3.18. The predicted molar refractivity (Wildman–Crippen MR) is 79.7 cm³/mol. The van der Waals surface area contributed by atoms with Crippen molar-refractivity contribution < 1.29 is 9.59 Å². The molecule has 2 rings (SSSR count). The van der Waals surface area contributed by atoms with E-state index in [1.807, 2.05) is 30.0 Å². The zero-order valence-corrected chi connectivity index (χ0v) is 12.3. The van der Waals surface area contributed by atoms with Gasteiger partial charge < -0.3 is 9.80 Å². The maximum Gasteiger partial charge on any atom is 0.246 e. The summed E-state index contributed by atoms with van der Waals surface area (Å²) in [6.45, 7) is 5.09. The number of nitrogens with zero attached hydrogens (tertiary/aromatic N) is 2. The molecule has 0 unspecified atom stereocenters. The molecule has 1 heterocycles. The number of aryl methyl sites for hydroxylation is 1. The van der Waals surface area contributed by atoms with E-state index in [1.165, 1.54) is 12.5 Å². The Bertz CT molecular complexity index is 499. The third-order valence-electron chi connectivity index (χ3n) is 3.68. The van der Waals surface area contributed by atoms with Gasteiger partial charge in [-0.2, -0.15) is 0 Å². The van der Waals surface area contributed by atoms with Gasteiger partial charge in [-0.1, -0.05) is 25.1 Å². The highest BCUT2D eigenvalue weighted by Crippen LogP contribution is 2.26. The molecule has 0 aromatic heterocycles. The molecular weight excluding hydrogens is 252 g/mol. The molecule has 0 aliphatic carbocycles. The van der Waals surface area contributed by atoms with Crippen LogP contribution < -0.4 is 4.90 Å². The molecule has 1 aromatic carbocycles. The Balaban J connectivity index is 2.12. The quantitative estimate of drug-likeness (QED) is 0.844. The number of benzene rings is 1. The molecule has 4 heteroatoms. The fourth-order valence-corrected chi connectivity index (χ4v) is 2.66. The molecule has 1 aliphatic heterocycles. The van der Waals surface area contributed by atoms with Crippen molar-refractivity contribution in [2.75, 3.05) is 24.5 Å². The highest BCUT2D eigenvalue weighted by molar-refractivity contribution is 5.97. The minimum Gasteiger partial charge on any atom is -0.334 e. The number of anilines is 1. The van der Waals surface area contributed by atoms with E-state index >= 15 is 0 Å². The van der Waals surface area contributed by atoms with Gasteiger partial charge in [0.05, 0.1) is 0 Å². The second kappa shape index (κ2) is 6.55. The Morgan fingerprint density at radius 3 is 2.75 bits per heavy atom. The van der Waals surface area contributed by atoms with Crippen LogP contribution in [0.3, 0.4) is 0 Å². The average molecular weight is 274 g/mol. The molecule has 108 valence electrons. The molecule has 0 saturated heterocycles. The Labute approximate surface area is 120 Å². The van der Waals surface area contributed by atoms with Gasteiger partial charge in [0.15, 0.2) is 0 Å². The molecule has 4 nitrogen and oxygen atoms in total. The molecule has 1 aromatic rings. The summed E-state index contributed by atoms with van der Waals surface area (Å²) in [6, 6.07) is 8.03.